The van der Waals surface area contributed by atoms with Crippen LogP contribution in [0.25, 0.3) is 0 Å². The molecule has 0 radical (unpaired) electrons. The molecule has 0 aliphatic heterocycles. The van der Waals surface area contributed by atoms with Gasteiger partial charge in [-0.25, -0.2) is 0 Å². The average molecular weight is 1140 g/mol. The van der Waals surface area contributed by atoms with E-state index in [9.17, 15) is 53.1 Å². The lowest BCUT2D eigenvalue weighted by atomic mass is 9.85. The van der Waals surface area contributed by atoms with Crippen molar-refractivity contribution in [3.05, 3.63) is 35.9 Å². The van der Waals surface area contributed by atoms with Crippen LogP contribution in [0.15, 0.2) is 30.3 Å². The first-order valence-corrected chi connectivity index (χ1v) is 28.8. The lowest BCUT2D eigenvalue weighted by molar-refractivity contribution is -0.136. The van der Waals surface area contributed by atoms with E-state index in [0.717, 1.165) is 32.1 Å². The monoisotopic (exact) mass is 1140 g/mol. The third-order valence-electron chi connectivity index (χ3n) is 14.4. The minimum atomic E-state index is -1.40. The molecule has 0 bridgehead atoms. The Balaban J connectivity index is 2.38. The molecule has 10 amide bonds. The fourth-order valence-electron chi connectivity index (χ4n) is 9.50. The van der Waals surface area contributed by atoms with Crippen molar-refractivity contribution in [3.63, 3.8) is 0 Å². The topological polar surface area (TPSA) is 429 Å². The number of carbonyl (C=O) groups is 10. The number of carbonyl (C=O) groups excluding carboxylic acids is 10. The molecule has 81 heavy (non-hydrogen) atoms. The summed E-state index contributed by atoms with van der Waals surface area (Å²) in [5, 5.41) is 33.6. The molecule has 1 fully saturated rings. The minimum absolute atomic E-state index is 0.0457. The Bertz CT molecular complexity index is 2180. The van der Waals surface area contributed by atoms with Crippen molar-refractivity contribution >= 4 is 59.1 Å². The van der Waals surface area contributed by atoms with Crippen LogP contribution < -0.4 is 76.5 Å². The predicted molar refractivity (Wildman–Crippen MR) is 307 cm³/mol. The highest BCUT2D eigenvalue weighted by Crippen LogP contribution is 2.27. The molecule has 1 aliphatic rings. The van der Waals surface area contributed by atoms with Crippen LogP contribution in [-0.4, -0.2) is 151 Å². The van der Waals surface area contributed by atoms with Gasteiger partial charge in [0.2, 0.25) is 59.1 Å². The van der Waals surface area contributed by atoms with Crippen molar-refractivity contribution in [1.29, 1.82) is 0 Å². The van der Waals surface area contributed by atoms with Crippen LogP contribution in [0.2, 0.25) is 0 Å². The van der Waals surface area contributed by atoms with Crippen molar-refractivity contribution in [2.45, 2.75) is 199 Å². The fourth-order valence-corrected chi connectivity index (χ4v) is 9.50. The van der Waals surface area contributed by atoms with Gasteiger partial charge in [0, 0.05) is 6.42 Å². The van der Waals surface area contributed by atoms with Gasteiger partial charge in [-0.15, -0.1) is 0 Å². The lowest BCUT2D eigenvalue weighted by Gasteiger charge is -2.30. The maximum Gasteiger partial charge on any atom is 0.243 e. The second kappa shape index (κ2) is 36.9. The zero-order chi connectivity index (χ0) is 60.9. The number of hydrogen-bond acceptors (Lipinski definition) is 15. The number of amides is 10. The second-order valence-corrected chi connectivity index (χ2v) is 22.6. The third kappa shape index (κ3) is 25.2. The molecular formula is C56H98N14O11. The quantitative estimate of drug-likeness (QED) is 0.0350. The maximum atomic E-state index is 14.5. The summed E-state index contributed by atoms with van der Waals surface area (Å²) in [5.41, 5.74) is 30.0. The van der Waals surface area contributed by atoms with Gasteiger partial charge in [-0.05, 0) is 93.3 Å². The zero-order valence-corrected chi connectivity index (χ0v) is 49.0. The molecule has 0 saturated heterocycles. The van der Waals surface area contributed by atoms with E-state index >= 15 is 0 Å². The average Bonchev–Trinajstić information content (AvgIpc) is 3.43. The molecule has 0 unspecified atom stereocenters. The first kappa shape index (κ1) is 70.8. The molecule has 0 spiro atoms. The van der Waals surface area contributed by atoms with E-state index in [1.54, 1.807) is 65.0 Å². The molecule has 25 nitrogen and oxygen atoms in total. The first-order valence-electron chi connectivity index (χ1n) is 28.8. The summed E-state index contributed by atoms with van der Waals surface area (Å²) in [4.78, 5) is 137. The highest BCUT2D eigenvalue weighted by Gasteiger charge is 2.37. The number of aliphatic hydroxyl groups excluding tert-OH is 1. The SMILES string of the molecule is CC[C@H](C)[C@H](NC(=O)[C@H](CCN)NC(=O)[C@@H](N)CC1CCCCC1)C(=O)N[C@@H](CCN)C(=O)N[C@H](Cc1ccccc1)C(=O)N[C@@H](CC(C)C)C(=O)N[C@@H](CCN)C(=O)N[C@@H](C(=O)N[C@@H](CC(C)C)C(=O)N[C@@H](CO)C(N)=O)C(C)C. The van der Waals surface area contributed by atoms with Gasteiger partial charge in [0.15, 0.2) is 0 Å². The summed E-state index contributed by atoms with van der Waals surface area (Å²) in [6, 6.07) is -3.45. The number of primary amides is 1. The van der Waals surface area contributed by atoms with E-state index in [4.69, 9.17) is 28.7 Å². The second-order valence-electron chi connectivity index (χ2n) is 22.6. The summed E-state index contributed by atoms with van der Waals surface area (Å²) < 4.78 is 0. The predicted octanol–water partition coefficient (Wildman–Crippen LogP) is -1.79. The van der Waals surface area contributed by atoms with E-state index in [-0.39, 0.29) is 70.0 Å². The van der Waals surface area contributed by atoms with Crippen molar-refractivity contribution in [2.75, 3.05) is 26.2 Å². The van der Waals surface area contributed by atoms with E-state index in [0.29, 0.717) is 24.3 Å². The number of rotatable bonds is 37. The number of benzene rings is 1. The molecule has 0 aromatic heterocycles. The van der Waals surface area contributed by atoms with Crippen LogP contribution in [0.3, 0.4) is 0 Å². The summed E-state index contributed by atoms with van der Waals surface area (Å²) >= 11 is 0. The van der Waals surface area contributed by atoms with Crippen LogP contribution in [0, 0.1) is 29.6 Å². The molecule has 20 N–H and O–H groups in total. The van der Waals surface area contributed by atoms with Gasteiger partial charge in [-0.3, -0.25) is 47.9 Å². The minimum Gasteiger partial charge on any atom is -0.394 e. The number of hydrogen-bond donors (Lipinski definition) is 15. The van der Waals surface area contributed by atoms with Crippen molar-refractivity contribution in [1.82, 2.24) is 47.9 Å². The van der Waals surface area contributed by atoms with Gasteiger partial charge in [-0.2, -0.15) is 0 Å². The van der Waals surface area contributed by atoms with E-state index in [2.05, 4.69) is 47.9 Å². The molecule has 1 aromatic carbocycles. The van der Waals surface area contributed by atoms with Crippen LogP contribution in [-0.2, 0) is 54.4 Å². The van der Waals surface area contributed by atoms with Crippen molar-refractivity contribution in [3.8, 4) is 0 Å². The van der Waals surface area contributed by atoms with Crippen LogP contribution in [0.5, 0.6) is 0 Å². The Morgan fingerprint density at radius 3 is 1.33 bits per heavy atom. The van der Waals surface area contributed by atoms with E-state index in [1.807, 2.05) is 20.8 Å². The molecule has 1 aromatic rings. The Labute approximate surface area is 478 Å². The number of aliphatic hydroxyl groups is 1. The Morgan fingerprint density at radius 1 is 0.506 bits per heavy atom. The molecule has 0 heterocycles. The number of nitrogens with two attached hydrogens (primary N) is 5. The third-order valence-corrected chi connectivity index (χ3v) is 14.4. The van der Waals surface area contributed by atoms with Crippen LogP contribution in [0.4, 0.5) is 0 Å². The smallest absolute Gasteiger partial charge is 0.243 e. The Kier molecular flexibility index (Phi) is 32.3. The fraction of sp³-hybridized carbons (Fsp3) is 0.714. The summed E-state index contributed by atoms with van der Waals surface area (Å²) in [7, 11) is 0. The van der Waals surface area contributed by atoms with Gasteiger partial charge >= 0.3 is 0 Å². The van der Waals surface area contributed by atoms with Gasteiger partial charge in [0.25, 0.3) is 0 Å². The molecule has 458 valence electrons. The largest absolute Gasteiger partial charge is 0.394 e. The first-order chi connectivity index (χ1) is 38.3. The van der Waals surface area contributed by atoms with Crippen LogP contribution >= 0.6 is 0 Å². The molecule has 2 rings (SSSR count). The standard InChI is InChI=1S/C56H98N14O11/c1-9-34(8)46(70-51(76)39(21-24-58)62-48(73)37(60)28-35-16-12-10-13-17-35)56(81)64-38(20-23-57)49(74)66-43(29-36-18-14-11-15-19-36)54(79)65-41(26-31(2)3)52(77)63-40(22-25-59)50(75)69-45(33(6)7)55(80)67-42(27-32(4)5)53(78)68-44(30-71)47(61)72/h11,14-15,18-19,31-35,37-46,71H,9-10,12-13,16-17,20-30,57-60H2,1-8H3,(H2,61,72)(H,62,73)(H,63,77)(H,64,81)(H,65,79)(H,66,74)(H,67,80)(H,68,78)(H,69,75)(H,70,76)/t34-,37-,38-,39-,40-,41-,42-,43+,44-,45+,46-/m0/s1. The van der Waals surface area contributed by atoms with E-state index in [1.165, 1.54) is 0 Å². The van der Waals surface area contributed by atoms with Gasteiger partial charge in [0.1, 0.15) is 54.4 Å². The normalized spacial score (nSPS) is 16.8. The van der Waals surface area contributed by atoms with Gasteiger partial charge in [-0.1, -0.05) is 124 Å². The molecule has 1 saturated carbocycles. The Hall–Kier alpha value is -6.28. The van der Waals surface area contributed by atoms with Crippen LogP contribution in [0.1, 0.15) is 138 Å². The molecule has 25 heteroatoms. The maximum absolute atomic E-state index is 14.5. The summed E-state index contributed by atoms with van der Waals surface area (Å²) in [6.45, 7) is 13.2. The summed E-state index contributed by atoms with van der Waals surface area (Å²) in [6.07, 6.45) is 6.20. The zero-order valence-electron chi connectivity index (χ0n) is 49.0. The molecular weight excluding hydrogens is 1040 g/mol. The van der Waals surface area contributed by atoms with E-state index < -0.39 is 138 Å². The van der Waals surface area contributed by atoms with Gasteiger partial charge < -0.3 is 81.6 Å². The van der Waals surface area contributed by atoms with Gasteiger partial charge in [0.05, 0.1) is 12.6 Å². The highest BCUT2D eigenvalue weighted by molar-refractivity contribution is 5.99. The van der Waals surface area contributed by atoms with Crippen molar-refractivity contribution in [2.24, 2.45) is 58.3 Å². The number of nitrogens with one attached hydrogen (secondary N) is 9. The molecule has 11 atom stereocenters. The molecule has 1 aliphatic carbocycles. The lowest BCUT2D eigenvalue weighted by Crippen LogP contribution is -2.62. The van der Waals surface area contributed by atoms with Crippen molar-refractivity contribution < 1.29 is 53.1 Å². The summed E-state index contributed by atoms with van der Waals surface area (Å²) in [5.74, 6) is -8.53. The Morgan fingerprint density at radius 2 is 0.889 bits per heavy atom. The highest BCUT2D eigenvalue weighted by atomic mass is 16.3.